The van der Waals surface area contributed by atoms with Crippen LogP contribution >= 0.6 is 22.6 Å². The van der Waals surface area contributed by atoms with Crippen LogP contribution in [0, 0.1) is 3.57 Å². The number of H-pyrrole nitrogens is 1. The van der Waals surface area contributed by atoms with Gasteiger partial charge in [-0.1, -0.05) is 38.0 Å². The topological polar surface area (TPSA) is 15.8 Å². The zero-order chi connectivity index (χ0) is 13.2. The summed E-state index contributed by atoms with van der Waals surface area (Å²) >= 11 is 2.38. The molecule has 3 rings (SSSR count). The van der Waals surface area contributed by atoms with Crippen LogP contribution in [0.3, 0.4) is 0 Å². The molecule has 0 aliphatic rings. The highest BCUT2D eigenvalue weighted by atomic mass is 127. The van der Waals surface area contributed by atoms with Crippen LogP contribution < -0.4 is 0 Å². The highest BCUT2D eigenvalue weighted by Gasteiger charge is 2.07. The van der Waals surface area contributed by atoms with Crippen molar-refractivity contribution in [2.24, 2.45) is 0 Å². The maximum atomic E-state index is 3.60. The Balaban J connectivity index is 2.12. The van der Waals surface area contributed by atoms with E-state index in [1.807, 2.05) is 0 Å². The van der Waals surface area contributed by atoms with E-state index in [9.17, 15) is 0 Å². The Hall–Kier alpha value is -1.03. The Morgan fingerprint density at radius 1 is 1.05 bits per heavy atom. The van der Waals surface area contributed by atoms with Gasteiger partial charge in [0.2, 0.25) is 0 Å². The largest absolute Gasteiger partial charge is 0.354 e. The van der Waals surface area contributed by atoms with E-state index in [1.165, 1.54) is 56.6 Å². The molecule has 2 heteroatoms. The molecule has 0 radical (unpaired) electrons. The highest BCUT2D eigenvalue weighted by Crippen LogP contribution is 2.29. The molecule has 3 aromatic rings. The van der Waals surface area contributed by atoms with Crippen LogP contribution in [-0.2, 0) is 6.42 Å². The van der Waals surface area contributed by atoms with E-state index in [2.05, 4.69) is 70.9 Å². The van der Waals surface area contributed by atoms with Crippen LogP contribution in [0.2, 0.25) is 0 Å². The number of rotatable bonds is 4. The van der Waals surface area contributed by atoms with Gasteiger partial charge < -0.3 is 4.98 Å². The molecule has 1 nitrogen and oxygen atoms in total. The van der Waals surface area contributed by atoms with Crippen molar-refractivity contribution < 1.29 is 0 Å². The minimum Gasteiger partial charge on any atom is -0.354 e. The molecule has 1 aromatic heterocycles. The molecule has 98 valence electrons. The van der Waals surface area contributed by atoms with Gasteiger partial charge in [-0.25, -0.2) is 0 Å². The quantitative estimate of drug-likeness (QED) is 0.455. The van der Waals surface area contributed by atoms with Gasteiger partial charge in [-0.15, -0.1) is 0 Å². The van der Waals surface area contributed by atoms with Crippen molar-refractivity contribution in [2.45, 2.75) is 32.6 Å². The molecular formula is C17H18IN. The van der Waals surface area contributed by atoms with Crippen molar-refractivity contribution in [3.05, 3.63) is 45.5 Å². The lowest BCUT2D eigenvalue weighted by Gasteiger charge is -2.02. The van der Waals surface area contributed by atoms with E-state index in [0.717, 1.165) is 0 Å². The molecule has 19 heavy (non-hydrogen) atoms. The molecule has 0 spiro atoms. The Bertz CT molecular complexity index is 712. The van der Waals surface area contributed by atoms with E-state index in [1.54, 1.807) is 0 Å². The van der Waals surface area contributed by atoms with Crippen LogP contribution in [-0.4, -0.2) is 4.98 Å². The van der Waals surface area contributed by atoms with Crippen molar-refractivity contribution in [3.8, 4) is 0 Å². The van der Waals surface area contributed by atoms with Gasteiger partial charge in [0.1, 0.15) is 0 Å². The van der Waals surface area contributed by atoms with Gasteiger partial charge in [-0.05, 0) is 59.2 Å². The summed E-state index contributed by atoms with van der Waals surface area (Å²) in [5, 5.41) is 2.71. The van der Waals surface area contributed by atoms with Gasteiger partial charge in [0.05, 0.1) is 0 Å². The van der Waals surface area contributed by atoms with Gasteiger partial charge in [-0.2, -0.15) is 0 Å². The molecule has 0 aliphatic heterocycles. The van der Waals surface area contributed by atoms with Gasteiger partial charge in [0, 0.05) is 25.4 Å². The summed E-state index contributed by atoms with van der Waals surface area (Å²) in [6, 6.07) is 13.3. The molecule has 0 fully saturated rings. The van der Waals surface area contributed by atoms with Crippen LogP contribution in [0.1, 0.15) is 31.7 Å². The van der Waals surface area contributed by atoms with Crippen LogP contribution in [0.25, 0.3) is 21.8 Å². The summed E-state index contributed by atoms with van der Waals surface area (Å²) in [5.41, 5.74) is 4.03. The summed E-state index contributed by atoms with van der Waals surface area (Å²) in [7, 11) is 0. The van der Waals surface area contributed by atoms with Gasteiger partial charge >= 0.3 is 0 Å². The number of nitrogens with one attached hydrogen (secondary N) is 1. The summed E-state index contributed by atoms with van der Waals surface area (Å²) < 4.78 is 1.29. The van der Waals surface area contributed by atoms with Gasteiger partial charge in [0.25, 0.3) is 0 Å². The van der Waals surface area contributed by atoms with Crippen molar-refractivity contribution in [3.63, 3.8) is 0 Å². The standard InChI is InChI=1S/C17H18IN/c1-2-3-4-6-12-7-5-8-14-15-11-13(18)9-10-16(15)19-17(12)14/h5,7-11,19H,2-4,6H2,1H3. The van der Waals surface area contributed by atoms with Crippen molar-refractivity contribution in [2.75, 3.05) is 0 Å². The summed E-state index contributed by atoms with van der Waals surface area (Å²) in [4.78, 5) is 3.60. The molecule has 0 saturated heterocycles. The minimum absolute atomic E-state index is 1.18. The van der Waals surface area contributed by atoms with Crippen LogP contribution in [0.5, 0.6) is 0 Å². The summed E-state index contributed by atoms with van der Waals surface area (Å²) in [6.07, 6.45) is 5.05. The lowest BCUT2D eigenvalue weighted by molar-refractivity contribution is 0.719. The molecular weight excluding hydrogens is 345 g/mol. The maximum Gasteiger partial charge on any atom is 0.0497 e. The van der Waals surface area contributed by atoms with E-state index in [-0.39, 0.29) is 0 Å². The summed E-state index contributed by atoms with van der Waals surface area (Å²) in [5.74, 6) is 0. The predicted molar refractivity (Wildman–Crippen MR) is 91.8 cm³/mol. The number of benzene rings is 2. The first-order chi connectivity index (χ1) is 9.29. The Morgan fingerprint density at radius 3 is 2.79 bits per heavy atom. The lowest BCUT2D eigenvalue weighted by atomic mass is 10.0. The SMILES string of the molecule is CCCCCc1cccc2c1[nH]c1ccc(I)cc12. The second kappa shape index (κ2) is 5.53. The zero-order valence-electron chi connectivity index (χ0n) is 11.2. The number of para-hydroxylation sites is 1. The highest BCUT2D eigenvalue weighted by molar-refractivity contribution is 14.1. The number of aromatic amines is 1. The average molecular weight is 363 g/mol. The normalized spacial score (nSPS) is 11.5. The molecule has 0 unspecified atom stereocenters. The smallest absolute Gasteiger partial charge is 0.0497 e. The summed E-state index contributed by atoms with van der Waals surface area (Å²) in [6.45, 7) is 2.26. The second-order valence-electron chi connectivity index (χ2n) is 5.11. The maximum absolute atomic E-state index is 3.60. The number of unbranched alkanes of at least 4 members (excludes halogenated alkanes) is 2. The van der Waals surface area contributed by atoms with E-state index >= 15 is 0 Å². The molecule has 0 amide bonds. The molecule has 1 heterocycles. The molecule has 2 aromatic carbocycles. The van der Waals surface area contributed by atoms with E-state index in [0.29, 0.717) is 0 Å². The zero-order valence-corrected chi connectivity index (χ0v) is 13.3. The Labute approximate surface area is 127 Å². The van der Waals surface area contributed by atoms with Gasteiger partial charge in [-0.3, -0.25) is 0 Å². The van der Waals surface area contributed by atoms with E-state index < -0.39 is 0 Å². The third-order valence-electron chi connectivity index (χ3n) is 3.73. The molecule has 0 bridgehead atoms. The molecule has 0 saturated carbocycles. The fraction of sp³-hybridized carbons (Fsp3) is 0.294. The predicted octanol–water partition coefficient (Wildman–Crippen LogP) is 5.66. The number of fused-ring (bicyclic) bond motifs is 3. The number of hydrogen-bond donors (Lipinski definition) is 1. The molecule has 0 atom stereocenters. The van der Waals surface area contributed by atoms with Crippen LogP contribution in [0.4, 0.5) is 0 Å². The fourth-order valence-corrected chi connectivity index (χ4v) is 3.22. The van der Waals surface area contributed by atoms with Crippen LogP contribution in [0.15, 0.2) is 36.4 Å². The minimum atomic E-state index is 1.18. The molecule has 0 aliphatic carbocycles. The van der Waals surface area contributed by atoms with Crippen molar-refractivity contribution in [1.82, 2.24) is 4.98 Å². The Morgan fingerprint density at radius 2 is 1.95 bits per heavy atom. The first-order valence-electron chi connectivity index (χ1n) is 6.98. The Kier molecular flexibility index (Phi) is 3.78. The van der Waals surface area contributed by atoms with E-state index in [4.69, 9.17) is 0 Å². The molecule has 1 N–H and O–H groups in total. The number of hydrogen-bond acceptors (Lipinski definition) is 0. The van der Waals surface area contributed by atoms with Crippen molar-refractivity contribution >= 4 is 44.4 Å². The first-order valence-corrected chi connectivity index (χ1v) is 8.06. The number of aryl methyl sites for hydroxylation is 1. The third kappa shape index (κ3) is 2.50. The average Bonchev–Trinajstić information content (AvgIpc) is 2.78. The third-order valence-corrected chi connectivity index (χ3v) is 4.40. The second-order valence-corrected chi connectivity index (χ2v) is 6.36. The number of aromatic nitrogens is 1. The lowest BCUT2D eigenvalue weighted by Crippen LogP contribution is -1.87. The first kappa shape index (κ1) is 13.0. The van der Waals surface area contributed by atoms with Crippen molar-refractivity contribution in [1.29, 1.82) is 0 Å². The van der Waals surface area contributed by atoms with Gasteiger partial charge in [0.15, 0.2) is 0 Å². The fourth-order valence-electron chi connectivity index (χ4n) is 2.73. The number of halogens is 1. The monoisotopic (exact) mass is 363 g/mol.